The Morgan fingerprint density at radius 1 is 1.50 bits per heavy atom. The van der Waals surface area contributed by atoms with Crippen LogP contribution in [0.5, 0.6) is 0 Å². The molecule has 0 bridgehead atoms. The van der Waals surface area contributed by atoms with Crippen molar-refractivity contribution in [2.75, 3.05) is 33.3 Å². The fraction of sp³-hybridized carbons (Fsp3) is 0.571. The van der Waals surface area contributed by atoms with Gasteiger partial charge in [-0.25, -0.2) is 0 Å². The smallest absolute Gasteiger partial charge is 0.274 e. The van der Waals surface area contributed by atoms with Gasteiger partial charge in [0.25, 0.3) is 5.69 Å². The number of hydrogen-bond donors (Lipinski definition) is 1. The largest absolute Gasteiger partial charge is 0.374 e. The molecule has 1 N–H and O–H groups in total. The molecule has 0 saturated carbocycles. The minimum atomic E-state index is -0.317. The summed E-state index contributed by atoms with van der Waals surface area (Å²) in [6, 6.07) is 6.83. The number of likely N-dealkylation sites (N-methyl/N-ethyl adjacent to an activating group) is 2. The van der Waals surface area contributed by atoms with Crippen LogP contribution in [0.15, 0.2) is 24.3 Å². The van der Waals surface area contributed by atoms with Crippen LogP contribution < -0.4 is 5.32 Å². The average Bonchev–Trinajstić information content (AvgIpc) is 2.45. The van der Waals surface area contributed by atoms with Crippen LogP contribution in [0.1, 0.15) is 18.5 Å². The van der Waals surface area contributed by atoms with Crippen molar-refractivity contribution in [3.8, 4) is 0 Å². The van der Waals surface area contributed by atoms with Crippen molar-refractivity contribution in [3.63, 3.8) is 0 Å². The third-order valence-corrected chi connectivity index (χ3v) is 3.65. The average molecular weight is 279 g/mol. The Bertz CT molecular complexity index is 467. The lowest BCUT2D eigenvalue weighted by Crippen LogP contribution is -2.47. The first kappa shape index (κ1) is 14.9. The highest BCUT2D eigenvalue weighted by molar-refractivity contribution is 5.42. The van der Waals surface area contributed by atoms with Crippen LogP contribution in [-0.4, -0.2) is 49.2 Å². The maximum Gasteiger partial charge on any atom is 0.274 e. The monoisotopic (exact) mass is 279 g/mol. The molecule has 6 heteroatoms. The SMILES string of the molecule is CCNCC1OCCN(C)C1c1ccccc1[N+](=O)[O-]. The van der Waals surface area contributed by atoms with Gasteiger partial charge < -0.3 is 10.1 Å². The molecule has 6 nitrogen and oxygen atoms in total. The second kappa shape index (κ2) is 6.78. The lowest BCUT2D eigenvalue weighted by Gasteiger charge is -2.39. The van der Waals surface area contributed by atoms with Crippen LogP contribution in [-0.2, 0) is 4.74 Å². The van der Waals surface area contributed by atoms with E-state index in [1.807, 2.05) is 26.1 Å². The predicted molar refractivity (Wildman–Crippen MR) is 76.8 cm³/mol. The number of ether oxygens (including phenoxy) is 1. The Hall–Kier alpha value is -1.50. The summed E-state index contributed by atoms with van der Waals surface area (Å²) in [5.74, 6) is 0. The molecule has 2 rings (SSSR count). The van der Waals surface area contributed by atoms with Crippen molar-refractivity contribution < 1.29 is 9.66 Å². The number of para-hydroxylation sites is 1. The summed E-state index contributed by atoms with van der Waals surface area (Å²) in [6.45, 7) is 5.01. The maximum absolute atomic E-state index is 11.2. The molecular formula is C14H21N3O3. The molecular weight excluding hydrogens is 258 g/mol. The Kier molecular flexibility index (Phi) is 5.05. The number of benzene rings is 1. The van der Waals surface area contributed by atoms with E-state index in [1.165, 1.54) is 0 Å². The van der Waals surface area contributed by atoms with Gasteiger partial charge in [0.15, 0.2) is 0 Å². The van der Waals surface area contributed by atoms with Gasteiger partial charge in [0, 0.05) is 24.7 Å². The number of rotatable bonds is 5. The molecule has 1 fully saturated rings. The molecule has 0 aromatic heterocycles. The van der Waals surface area contributed by atoms with E-state index in [2.05, 4.69) is 10.2 Å². The fourth-order valence-electron chi connectivity index (χ4n) is 2.66. The van der Waals surface area contributed by atoms with Gasteiger partial charge in [-0.3, -0.25) is 15.0 Å². The third kappa shape index (κ3) is 3.15. The van der Waals surface area contributed by atoms with E-state index in [0.29, 0.717) is 13.2 Å². The molecule has 1 aliphatic heterocycles. The Morgan fingerprint density at radius 2 is 2.25 bits per heavy atom. The van der Waals surface area contributed by atoms with Gasteiger partial charge in [-0.1, -0.05) is 25.1 Å². The number of nitro groups is 1. The standard InChI is InChI=1S/C14H21N3O3/c1-3-15-10-13-14(16(2)8-9-20-13)11-6-4-5-7-12(11)17(18)19/h4-7,13-15H,3,8-10H2,1-2H3. The van der Waals surface area contributed by atoms with E-state index in [9.17, 15) is 10.1 Å². The Labute approximate surface area is 118 Å². The van der Waals surface area contributed by atoms with Crippen molar-refractivity contribution in [2.24, 2.45) is 0 Å². The van der Waals surface area contributed by atoms with Gasteiger partial charge in [0.1, 0.15) is 0 Å². The highest BCUT2D eigenvalue weighted by Crippen LogP contribution is 2.33. The number of nitro benzene ring substituents is 1. The molecule has 0 radical (unpaired) electrons. The molecule has 20 heavy (non-hydrogen) atoms. The lowest BCUT2D eigenvalue weighted by atomic mass is 9.96. The summed E-state index contributed by atoms with van der Waals surface area (Å²) in [5, 5.41) is 14.5. The fourth-order valence-corrected chi connectivity index (χ4v) is 2.66. The molecule has 0 spiro atoms. The van der Waals surface area contributed by atoms with Crippen LogP contribution in [0.2, 0.25) is 0 Å². The van der Waals surface area contributed by atoms with Crippen LogP contribution in [0, 0.1) is 10.1 Å². The van der Waals surface area contributed by atoms with E-state index in [-0.39, 0.29) is 22.8 Å². The molecule has 1 heterocycles. The maximum atomic E-state index is 11.2. The molecule has 0 amide bonds. The van der Waals surface area contributed by atoms with E-state index in [4.69, 9.17) is 4.74 Å². The first-order valence-corrected chi connectivity index (χ1v) is 6.91. The van der Waals surface area contributed by atoms with Gasteiger partial charge in [-0.05, 0) is 13.6 Å². The quantitative estimate of drug-likeness (QED) is 0.654. The number of nitrogens with zero attached hydrogens (tertiary/aromatic N) is 2. The molecule has 1 aromatic rings. The third-order valence-electron chi connectivity index (χ3n) is 3.65. The van der Waals surface area contributed by atoms with E-state index >= 15 is 0 Å². The van der Waals surface area contributed by atoms with Crippen LogP contribution in [0.3, 0.4) is 0 Å². The minimum Gasteiger partial charge on any atom is -0.374 e. The topological polar surface area (TPSA) is 67.6 Å². The van der Waals surface area contributed by atoms with Crippen molar-refractivity contribution in [1.82, 2.24) is 10.2 Å². The summed E-state index contributed by atoms with van der Waals surface area (Å²) in [6.07, 6.45) is -0.0743. The van der Waals surface area contributed by atoms with E-state index in [0.717, 1.165) is 18.7 Å². The highest BCUT2D eigenvalue weighted by atomic mass is 16.6. The molecule has 2 unspecified atom stereocenters. The van der Waals surface area contributed by atoms with Crippen molar-refractivity contribution in [2.45, 2.75) is 19.1 Å². The molecule has 0 aliphatic carbocycles. The molecule has 1 saturated heterocycles. The van der Waals surface area contributed by atoms with Crippen LogP contribution >= 0.6 is 0 Å². The summed E-state index contributed by atoms with van der Waals surface area (Å²) < 4.78 is 5.83. The second-order valence-corrected chi connectivity index (χ2v) is 4.96. The number of nitrogens with one attached hydrogen (secondary N) is 1. The minimum absolute atomic E-state index is 0.0743. The van der Waals surface area contributed by atoms with Crippen molar-refractivity contribution in [3.05, 3.63) is 39.9 Å². The van der Waals surface area contributed by atoms with Gasteiger partial charge in [-0.15, -0.1) is 0 Å². The second-order valence-electron chi connectivity index (χ2n) is 4.96. The van der Waals surface area contributed by atoms with Gasteiger partial charge in [0.2, 0.25) is 0 Å². The van der Waals surface area contributed by atoms with E-state index in [1.54, 1.807) is 12.1 Å². The van der Waals surface area contributed by atoms with Gasteiger partial charge in [0.05, 0.1) is 23.7 Å². The normalized spacial score (nSPS) is 23.7. The number of hydrogen-bond acceptors (Lipinski definition) is 5. The zero-order valence-corrected chi connectivity index (χ0v) is 11.9. The first-order chi connectivity index (χ1) is 9.65. The predicted octanol–water partition coefficient (Wildman–Crippen LogP) is 1.58. The van der Waals surface area contributed by atoms with Crippen molar-refractivity contribution >= 4 is 5.69 Å². The summed E-state index contributed by atoms with van der Waals surface area (Å²) in [4.78, 5) is 13.0. The highest BCUT2D eigenvalue weighted by Gasteiger charge is 2.35. The summed E-state index contributed by atoms with van der Waals surface area (Å²) >= 11 is 0. The molecule has 1 aromatic carbocycles. The van der Waals surface area contributed by atoms with Crippen LogP contribution in [0.4, 0.5) is 5.69 Å². The van der Waals surface area contributed by atoms with Crippen LogP contribution in [0.25, 0.3) is 0 Å². The zero-order valence-electron chi connectivity index (χ0n) is 11.9. The summed E-state index contributed by atoms with van der Waals surface area (Å²) in [5.41, 5.74) is 0.888. The zero-order chi connectivity index (χ0) is 14.5. The molecule has 110 valence electrons. The molecule has 2 atom stereocenters. The molecule has 1 aliphatic rings. The van der Waals surface area contributed by atoms with Crippen molar-refractivity contribution in [1.29, 1.82) is 0 Å². The Morgan fingerprint density at radius 3 is 2.95 bits per heavy atom. The first-order valence-electron chi connectivity index (χ1n) is 6.91. The van der Waals surface area contributed by atoms with Gasteiger partial charge in [-0.2, -0.15) is 0 Å². The van der Waals surface area contributed by atoms with Gasteiger partial charge >= 0.3 is 0 Å². The lowest BCUT2D eigenvalue weighted by molar-refractivity contribution is -0.386. The summed E-state index contributed by atoms with van der Waals surface area (Å²) in [7, 11) is 1.99. The number of morpholine rings is 1. The Balaban J connectivity index is 2.32. The van der Waals surface area contributed by atoms with E-state index < -0.39 is 0 Å².